The number of aryl methyl sites for hydroxylation is 1. The fourth-order valence-corrected chi connectivity index (χ4v) is 4.37. The lowest BCUT2D eigenvalue weighted by Gasteiger charge is -2.25. The van der Waals surface area contributed by atoms with Gasteiger partial charge in [0.2, 0.25) is 0 Å². The summed E-state index contributed by atoms with van der Waals surface area (Å²) in [6, 6.07) is 2.43. The van der Waals surface area contributed by atoms with Crippen LogP contribution in [0.1, 0.15) is 35.5 Å². The van der Waals surface area contributed by atoms with Gasteiger partial charge in [-0.05, 0) is 35.8 Å². The van der Waals surface area contributed by atoms with Gasteiger partial charge in [-0.2, -0.15) is 0 Å². The normalized spacial score (nSPS) is 24.3. The molecule has 1 fully saturated rings. The molecule has 1 saturated heterocycles. The molecule has 0 radical (unpaired) electrons. The van der Waals surface area contributed by atoms with E-state index in [1.54, 1.807) is 11.3 Å². The van der Waals surface area contributed by atoms with Gasteiger partial charge in [-0.3, -0.25) is 4.79 Å². The number of carbonyl (C=O) groups is 1. The fourth-order valence-electron chi connectivity index (χ4n) is 2.43. The lowest BCUT2D eigenvalue weighted by atomic mass is 10.1. The smallest absolute Gasteiger partial charge is 0.264 e. The van der Waals surface area contributed by atoms with Crippen molar-refractivity contribution >= 4 is 33.2 Å². The van der Waals surface area contributed by atoms with Crippen LogP contribution in [-0.4, -0.2) is 28.7 Å². The van der Waals surface area contributed by atoms with E-state index < -0.39 is 0 Å². The number of amides is 1. The highest BCUT2D eigenvalue weighted by Crippen LogP contribution is 2.29. The van der Waals surface area contributed by atoms with Gasteiger partial charge in [0.1, 0.15) is 0 Å². The van der Waals surface area contributed by atoms with Gasteiger partial charge in [0, 0.05) is 17.9 Å². The molecule has 2 heterocycles. The summed E-state index contributed by atoms with van der Waals surface area (Å²) in [6.45, 7) is 5.24. The average molecular weight is 316 g/mol. The van der Waals surface area contributed by atoms with Crippen molar-refractivity contribution in [2.24, 2.45) is 5.92 Å². The largest absolute Gasteiger partial charge is 0.334 e. The van der Waals surface area contributed by atoms with E-state index >= 15 is 0 Å². The van der Waals surface area contributed by atoms with Crippen LogP contribution in [0.15, 0.2) is 11.4 Å². The van der Waals surface area contributed by atoms with Crippen LogP contribution >= 0.6 is 27.3 Å². The number of halogens is 1. The number of thiophene rings is 1. The van der Waals surface area contributed by atoms with Crippen LogP contribution in [0.4, 0.5) is 0 Å². The van der Waals surface area contributed by atoms with Crippen molar-refractivity contribution in [1.82, 2.24) is 4.90 Å². The van der Waals surface area contributed by atoms with E-state index in [9.17, 15) is 4.79 Å². The Hall–Kier alpha value is -0.350. The van der Waals surface area contributed by atoms with Crippen LogP contribution in [0, 0.1) is 5.92 Å². The maximum absolute atomic E-state index is 12.5. The van der Waals surface area contributed by atoms with Gasteiger partial charge in [0.05, 0.1) is 4.88 Å². The van der Waals surface area contributed by atoms with Crippen molar-refractivity contribution in [3.8, 4) is 0 Å². The topological polar surface area (TPSA) is 20.3 Å². The number of nitrogens with zero attached hydrogens (tertiary/aromatic N) is 1. The van der Waals surface area contributed by atoms with E-state index in [4.69, 9.17) is 0 Å². The Morgan fingerprint density at radius 3 is 3.06 bits per heavy atom. The molecule has 1 amide bonds. The van der Waals surface area contributed by atoms with Crippen molar-refractivity contribution in [1.29, 1.82) is 0 Å². The number of hydrogen-bond donors (Lipinski definition) is 0. The van der Waals surface area contributed by atoms with Gasteiger partial charge in [0.25, 0.3) is 5.91 Å². The minimum Gasteiger partial charge on any atom is -0.334 e. The molecule has 0 spiro atoms. The van der Waals surface area contributed by atoms with Gasteiger partial charge in [-0.25, -0.2) is 0 Å². The summed E-state index contributed by atoms with van der Waals surface area (Å²) >= 11 is 5.11. The Balaban J connectivity index is 2.20. The van der Waals surface area contributed by atoms with Gasteiger partial charge < -0.3 is 4.90 Å². The lowest BCUT2D eigenvalue weighted by molar-refractivity contribution is 0.0742. The maximum atomic E-state index is 12.5. The first-order valence-electron chi connectivity index (χ1n) is 6.12. The summed E-state index contributed by atoms with van der Waals surface area (Å²) in [5.74, 6) is 0.828. The van der Waals surface area contributed by atoms with Crippen molar-refractivity contribution in [3.63, 3.8) is 0 Å². The second kappa shape index (κ2) is 5.53. The molecule has 2 nitrogen and oxygen atoms in total. The maximum Gasteiger partial charge on any atom is 0.264 e. The molecule has 0 saturated carbocycles. The number of likely N-dealkylation sites (tertiary alicyclic amines) is 1. The molecule has 0 bridgehead atoms. The monoisotopic (exact) mass is 315 g/mol. The number of rotatable bonds is 3. The van der Waals surface area contributed by atoms with Crippen molar-refractivity contribution < 1.29 is 4.79 Å². The van der Waals surface area contributed by atoms with Gasteiger partial charge >= 0.3 is 0 Å². The Morgan fingerprint density at radius 2 is 2.41 bits per heavy atom. The lowest BCUT2D eigenvalue weighted by Crippen LogP contribution is -2.38. The number of alkyl halides is 1. The summed E-state index contributed by atoms with van der Waals surface area (Å²) in [5.41, 5.74) is 1.19. The van der Waals surface area contributed by atoms with Crippen LogP contribution in [0.5, 0.6) is 0 Å². The molecule has 17 heavy (non-hydrogen) atoms. The Bertz CT molecular complexity index is 404. The molecule has 2 atom stereocenters. The van der Waals surface area contributed by atoms with Gasteiger partial charge in [-0.15, -0.1) is 11.3 Å². The van der Waals surface area contributed by atoms with E-state index in [0.29, 0.717) is 12.0 Å². The Kier molecular flexibility index (Phi) is 4.26. The third-order valence-corrected chi connectivity index (χ3v) is 5.23. The zero-order chi connectivity index (χ0) is 12.4. The van der Waals surface area contributed by atoms with Crippen LogP contribution < -0.4 is 0 Å². The molecular formula is C13H18BrNOS. The predicted octanol–water partition coefficient (Wildman–Crippen LogP) is 3.56. The highest BCUT2D eigenvalue weighted by Gasteiger charge is 2.34. The van der Waals surface area contributed by atoms with Crippen molar-refractivity contribution in [2.75, 3.05) is 11.9 Å². The molecule has 2 rings (SSSR count). The van der Waals surface area contributed by atoms with Crippen molar-refractivity contribution in [2.45, 2.75) is 32.7 Å². The third kappa shape index (κ3) is 2.43. The molecular weight excluding hydrogens is 298 g/mol. The van der Waals surface area contributed by atoms with Crippen molar-refractivity contribution in [3.05, 3.63) is 21.9 Å². The van der Waals surface area contributed by atoms with E-state index in [-0.39, 0.29) is 5.91 Å². The quantitative estimate of drug-likeness (QED) is 0.781. The predicted molar refractivity (Wildman–Crippen MR) is 76.1 cm³/mol. The van der Waals surface area contributed by atoms with Crippen LogP contribution in [0.2, 0.25) is 0 Å². The van der Waals surface area contributed by atoms with Crippen LogP contribution in [0.3, 0.4) is 0 Å². The first kappa shape index (κ1) is 13.1. The molecule has 1 aromatic rings. The summed E-state index contributed by atoms with van der Waals surface area (Å²) in [7, 11) is 0. The standard InChI is InChI=1S/C13H18BrNOS/c1-3-10-5-7-17-12(10)13(16)15-6-4-9(2)11(15)8-14/h5,7,9,11H,3-4,6,8H2,1-2H3. The summed E-state index contributed by atoms with van der Waals surface area (Å²) in [5, 5.41) is 2.90. The minimum atomic E-state index is 0.227. The minimum absolute atomic E-state index is 0.227. The molecule has 1 aliphatic rings. The fraction of sp³-hybridized carbons (Fsp3) is 0.615. The van der Waals surface area contributed by atoms with E-state index in [2.05, 4.69) is 35.8 Å². The summed E-state index contributed by atoms with van der Waals surface area (Å²) in [6.07, 6.45) is 2.06. The molecule has 94 valence electrons. The van der Waals surface area contributed by atoms with Crippen LogP contribution in [0.25, 0.3) is 0 Å². The van der Waals surface area contributed by atoms with Gasteiger partial charge in [0.15, 0.2) is 0 Å². The second-order valence-electron chi connectivity index (χ2n) is 4.61. The molecule has 0 N–H and O–H groups in total. The van der Waals surface area contributed by atoms with E-state index in [1.165, 1.54) is 5.56 Å². The molecule has 1 aromatic heterocycles. The Morgan fingerprint density at radius 1 is 1.65 bits per heavy atom. The molecule has 0 aliphatic carbocycles. The van der Waals surface area contributed by atoms with E-state index in [1.807, 2.05) is 10.3 Å². The highest BCUT2D eigenvalue weighted by molar-refractivity contribution is 9.09. The second-order valence-corrected chi connectivity index (χ2v) is 6.18. The number of carbonyl (C=O) groups excluding carboxylic acids is 1. The SMILES string of the molecule is CCc1ccsc1C(=O)N1CCC(C)C1CBr. The third-order valence-electron chi connectivity index (χ3n) is 3.62. The van der Waals surface area contributed by atoms with E-state index in [0.717, 1.165) is 29.6 Å². The first-order valence-corrected chi connectivity index (χ1v) is 8.12. The number of hydrogen-bond acceptors (Lipinski definition) is 2. The van der Waals surface area contributed by atoms with Crippen LogP contribution in [-0.2, 0) is 6.42 Å². The Labute approximate surface area is 115 Å². The molecule has 4 heteroatoms. The zero-order valence-corrected chi connectivity index (χ0v) is 12.7. The highest BCUT2D eigenvalue weighted by atomic mass is 79.9. The summed E-state index contributed by atoms with van der Waals surface area (Å²) in [4.78, 5) is 15.5. The average Bonchev–Trinajstić information content (AvgIpc) is 2.93. The molecule has 1 aliphatic heterocycles. The first-order chi connectivity index (χ1) is 8.19. The van der Waals surface area contributed by atoms with Gasteiger partial charge in [-0.1, -0.05) is 29.8 Å². The molecule has 0 aromatic carbocycles. The summed E-state index contributed by atoms with van der Waals surface area (Å²) < 4.78 is 0. The molecule has 2 unspecified atom stereocenters. The zero-order valence-electron chi connectivity index (χ0n) is 10.3.